The van der Waals surface area contributed by atoms with Gasteiger partial charge in [-0.3, -0.25) is 57.3 Å². The van der Waals surface area contributed by atoms with Crippen LogP contribution in [0.3, 0.4) is 0 Å². The van der Waals surface area contributed by atoms with E-state index in [4.69, 9.17) is 4.55 Å². The number of Topliss-reactive ketones (excluding diaryl/α,β-unsaturated/α-hetero) is 10. The summed E-state index contributed by atoms with van der Waals surface area (Å²) in [5.41, 5.74) is 0.956. The topological polar surface area (TPSA) is 242 Å². The molecule has 1 aromatic carbocycles. The fourth-order valence-corrected chi connectivity index (χ4v) is 6.17. The molecule has 0 bridgehead atoms. The van der Waals surface area contributed by atoms with E-state index in [0.29, 0.717) is 6.42 Å². The third-order valence-electron chi connectivity index (χ3n) is 9.31. The largest absolute Gasteiger partial charge is 0.294 e. The van der Waals surface area contributed by atoms with Crippen molar-refractivity contribution < 1.29 is 65.7 Å². The highest BCUT2D eigenvalue weighted by atomic mass is 32.2. The van der Waals surface area contributed by atoms with Gasteiger partial charge in [-0.25, -0.2) is 0 Å². The van der Waals surface area contributed by atoms with Gasteiger partial charge < -0.3 is 0 Å². The third kappa shape index (κ3) is 20.4. The Balaban J connectivity index is 0.00000121. The van der Waals surface area contributed by atoms with Crippen molar-refractivity contribution in [2.75, 3.05) is 0 Å². The second-order valence-corrected chi connectivity index (χ2v) is 15.6. The fraction of sp³-hybridized carbons (Fsp3) is 0.585. The zero-order chi connectivity index (χ0) is 42.1. The predicted molar refractivity (Wildman–Crippen MR) is 202 cm³/mol. The van der Waals surface area contributed by atoms with Crippen LogP contribution in [0.1, 0.15) is 147 Å². The first-order chi connectivity index (χ1) is 26.5. The molecule has 56 heavy (non-hydrogen) atoms. The Labute approximate surface area is 328 Å². The van der Waals surface area contributed by atoms with Crippen molar-refractivity contribution in [1.82, 2.24) is 0 Å². The van der Waals surface area contributed by atoms with Gasteiger partial charge in [0.05, 0.1) is 4.90 Å². The summed E-state index contributed by atoms with van der Waals surface area (Å²) in [6.45, 7) is 1.84. The third-order valence-corrected chi connectivity index (χ3v) is 10.2. The van der Waals surface area contributed by atoms with E-state index in [1.54, 1.807) is 12.1 Å². The fourth-order valence-electron chi connectivity index (χ4n) is 5.69. The van der Waals surface area contributed by atoms with E-state index >= 15 is 0 Å². The minimum atomic E-state index is -4.02. The molecule has 14 nitrogen and oxygen atoms in total. The molecule has 0 spiro atoms. The van der Waals surface area contributed by atoms with Crippen LogP contribution in [0.2, 0.25) is 0 Å². The van der Waals surface area contributed by atoms with Gasteiger partial charge in [-0.05, 0) is 31.4 Å². The Morgan fingerprint density at radius 2 is 0.839 bits per heavy atom. The maximum absolute atomic E-state index is 12.0. The van der Waals surface area contributed by atoms with Gasteiger partial charge in [0.25, 0.3) is 62.2 Å². The van der Waals surface area contributed by atoms with E-state index in [2.05, 4.69) is 0 Å². The Hall–Kier alpha value is -4.50. The van der Waals surface area contributed by atoms with Crippen LogP contribution < -0.4 is 0 Å². The van der Waals surface area contributed by atoms with Gasteiger partial charge in [-0.1, -0.05) is 146 Å². The van der Waals surface area contributed by atoms with Crippen molar-refractivity contribution in [3.63, 3.8) is 0 Å². The molecule has 1 saturated carbocycles. The molecule has 1 aliphatic rings. The Bertz CT molecular complexity index is 1680. The van der Waals surface area contributed by atoms with Gasteiger partial charge in [-0.15, -0.1) is 0 Å². The molecule has 0 aromatic heterocycles. The molecular formula is C41H54O14S. The summed E-state index contributed by atoms with van der Waals surface area (Å²) in [5, 5.41) is 0. The van der Waals surface area contributed by atoms with Crippen molar-refractivity contribution in [3.05, 3.63) is 29.8 Å². The first-order valence-corrected chi connectivity index (χ1v) is 20.9. The van der Waals surface area contributed by atoms with Crippen LogP contribution in [0.4, 0.5) is 0 Å². The highest BCUT2D eigenvalue weighted by Gasteiger charge is 2.42. The molecule has 1 fully saturated rings. The molecule has 0 amide bonds. The van der Waals surface area contributed by atoms with Gasteiger partial charge in [0.15, 0.2) is 6.29 Å². The molecule has 1 aromatic rings. The smallest absolute Gasteiger partial charge is 0.294 e. The minimum Gasteiger partial charge on any atom is -0.294 e. The summed E-state index contributed by atoms with van der Waals surface area (Å²) in [4.78, 5) is 126. The lowest BCUT2D eigenvalue weighted by Gasteiger charge is -2.04. The average molecular weight is 803 g/mol. The lowest BCUT2D eigenvalue weighted by Crippen LogP contribution is -2.44. The van der Waals surface area contributed by atoms with Crippen LogP contribution >= 0.6 is 0 Å². The summed E-state index contributed by atoms with van der Waals surface area (Å²) in [7, 11) is -4.02. The quantitative estimate of drug-likeness (QED) is 0.0318. The monoisotopic (exact) mass is 802 g/mol. The van der Waals surface area contributed by atoms with Crippen LogP contribution in [-0.4, -0.2) is 77.1 Å². The lowest BCUT2D eigenvalue weighted by molar-refractivity contribution is -0.156. The van der Waals surface area contributed by atoms with E-state index in [9.17, 15) is 61.2 Å². The summed E-state index contributed by atoms with van der Waals surface area (Å²) in [6.07, 6.45) is 24.1. The number of hydrogen-bond donors (Lipinski definition) is 1. The maximum Gasteiger partial charge on any atom is 0.294 e. The van der Waals surface area contributed by atoms with Crippen molar-refractivity contribution in [3.8, 4) is 0 Å². The van der Waals surface area contributed by atoms with E-state index in [-0.39, 0.29) is 17.7 Å². The predicted octanol–water partition coefficient (Wildman–Crippen LogP) is 5.33. The van der Waals surface area contributed by atoms with Crippen LogP contribution in [0.25, 0.3) is 0 Å². The van der Waals surface area contributed by atoms with Gasteiger partial charge in [0.1, 0.15) is 0 Å². The van der Waals surface area contributed by atoms with Gasteiger partial charge >= 0.3 is 0 Å². The molecule has 0 unspecified atom stereocenters. The first kappa shape index (κ1) is 49.5. The second kappa shape index (κ2) is 27.2. The van der Waals surface area contributed by atoms with Crippen LogP contribution in [0, 0.1) is 12.8 Å². The zero-order valence-electron chi connectivity index (χ0n) is 32.2. The van der Waals surface area contributed by atoms with Crippen molar-refractivity contribution in [1.29, 1.82) is 0 Å². The number of benzene rings is 1. The number of rotatable bonds is 32. The number of carbonyl (C=O) groups is 11. The highest BCUT2D eigenvalue weighted by molar-refractivity contribution is 7.85. The van der Waals surface area contributed by atoms with Crippen LogP contribution in [0.5, 0.6) is 0 Å². The van der Waals surface area contributed by atoms with Crippen molar-refractivity contribution >= 4 is 74.2 Å². The van der Waals surface area contributed by atoms with E-state index in [1.165, 1.54) is 108 Å². The maximum atomic E-state index is 12.0. The zero-order valence-corrected chi connectivity index (χ0v) is 33.0. The molecule has 0 radical (unpaired) electrons. The first-order valence-electron chi connectivity index (χ1n) is 19.4. The minimum absolute atomic E-state index is 0.0666. The number of aryl methyl sites for hydroxylation is 1. The number of unbranched alkanes of at least 4 members (excludes halogenated alkanes) is 17. The number of aldehydes is 1. The average Bonchev–Trinajstić information content (AvgIpc) is 4.02. The Morgan fingerprint density at radius 3 is 1.18 bits per heavy atom. The summed E-state index contributed by atoms with van der Waals surface area (Å²) in [5.74, 6) is -20.4. The summed E-state index contributed by atoms with van der Waals surface area (Å²) in [6, 6.07) is 5.99. The molecule has 15 heteroatoms. The Morgan fingerprint density at radius 1 is 0.518 bits per heavy atom. The summed E-state index contributed by atoms with van der Waals surface area (Å²) >= 11 is 0. The standard InChI is InChI=1S/C34H46O11.C7H8O3S/c35-23-26(37)28(39)30(41)32(43)34(45)33(44)31(42)29(40)27(38)25(36)20-18-16-14-12-10-8-6-4-2-1-3-5-7-9-11-13-15-17-19-24-21-22-24;1-6-2-4-7(5-3-6)11(8,9)10/h23-24H,1-22H2;2-5H,1H3,(H,8,9,10). The molecule has 0 saturated heterocycles. The molecule has 1 aliphatic carbocycles. The molecule has 0 heterocycles. The normalized spacial score (nSPS) is 12.1. The molecule has 1 N–H and O–H groups in total. The van der Waals surface area contributed by atoms with Crippen LogP contribution in [0.15, 0.2) is 29.2 Å². The van der Waals surface area contributed by atoms with E-state index < -0.39 is 74.2 Å². The number of hydrogen-bond acceptors (Lipinski definition) is 13. The molecule has 308 valence electrons. The van der Waals surface area contributed by atoms with Crippen LogP contribution in [-0.2, 0) is 62.9 Å². The van der Waals surface area contributed by atoms with Crippen molar-refractivity contribution in [2.45, 2.75) is 153 Å². The lowest BCUT2D eigenvalue weighted by atomic mass is 9.97. The molecular weight excluding hydrogens is 749 g/mol. The van der Waals surface area contributed by atoms with Gasteiger partial charge in [0.2, 0.25) is 5.78 Å². The van der Waals surface area contributed by atoms with E-state index in [0.717, 1.165) is 37.2 Å². The molecule has 0 aliphatic heterocycles. The highest BCUT2D eigenvalue weighted by Crippen LogP contribution is 2.34. The van der Waals surface area contributed by atoms with E-state index in [1.807, 2.05) is 6.92 Å². The van der Waals surface area contributed by atoms with Gasteiger partial charge in [-0.2, -0.15) is 8.42 Å². The molecule has 2 rings (SSSR count). The second-order valence-electron chi connectivity index (χ2n) is 14.2. The Kier molecular flexibility index (Phi) is 24.0. The number of carbonyl (C=O) groups excluding carboxylic acids is 11. The van der Waals surface area contributed by atoms with Gasteiger partial charge in [0, 0.05) is 6.42 Å². The summed E-state index contributed by atoms with van der Waals surface area (Å²) < 4.78 is 29.6. The number of ketones is 10. The van der Waals surface area contributed by atoms with Crippen molar-refractivity contribution in [2.24, 2.45) is 5.92 Å². The molecule has 0 atom stereocenters. The SMILES string of the molecule is Cc1ccc(S(=O)(=O)O)cc1.O=CC(=O)C(=O)C(=O)C(=O)C(=O)C(=O)C(=O)C(=O)C(=O)C(=O)CCCCCCCCCCCCCCCCCCCCC1CC1.